The molecule has 5 heteroatoms. The smallest absolute Gasteiger partial charge is 0.488 e. The number of ether oxygens (including phenoxy) is 2. The SMILES string of the molecule is CCc1cccc(OCc2cc(OC)ccc2B(O)O)c1. The van der Waals surface area contributed by atoms with Gasteiger partial charge in [0.05, 0.1) is 7.11 Å². The Labute approximate surface area is 125 Å². The van der Waals surface area contributed by atoms with Crippen LogP contribution in [0.15, 0.2) is 42.5 Å². The van der Waals surface area contributed by atoms with Crippen molar-refractivity contribution in [1.29, 1.82) is 0 Å². The van der Waals surface area contributed by atoms with E-state index in [1.165, 1.54) is 5.56 Å². The van der Waals surface area contributed by atoms with E-state index >= 15 is 0 Å². The summed E-state index contributed by atoms with van der Waals surface area (Å²) in [4.78, 5) is 0. The van der Waals surface area contributed by atoms with Gasteiger partial charge in [-0.25, -0.2) is 0 Å². The molecule has 0 aromatic heterocycles. The highest BCUT2D eigenvalue weighted by Gasteiger charge is 2.17. The first-order valence-corrected chi connectivity index (χ1v) is 6.88. The molecule has 0 radical (unpaired) electrons. The zero-order valence-electron chi connectivity index (χ0n) is 12.2. The van der Waals surface area contributed by atoms with Gasteiger partial charge < -0.3 is 19.5 Å². The summed E-state index contributed by atoms with van der Waals surface area (Å²) < 4.78 is 10.9. The van der Waals surface area contributed by atoms with E-state index in [9.17, 15) is 10.0 Å². The molecule has 0 amide bonds. The molecule has 2 rings (SSSR count). The van der Waals surface area contributed by atoms with Crippen LogP contribution in [0.4, 0.5) is 0 Å². The summed E-state index contributed by atoms with van der Waals surface area (Å²) in [6.07, 6.45) is 0.941. The van der Waals surface area contributed by atoms with Crippen molar-refractivity contribution in [2.45, 2.75) is 20.0 Å². The minimum atomic E-state index is -1.53. The summed E-state index contributed by atoms with van der Waals surface area (Å²) in [7, 11) is 0.0382. The molecule has 0 fully saturated rings. The first-order valence-electron chi connectivity index (χ1n) is 6.88. The Morgan fingerprint density at radius 3 is 2.52 bits per heavy atom. The van der Waals surface area contributed by atoms with E-state index in [-0.39, 0.29) is 6.61 Å². The number of methoxy groups -OCH3 is 1. The largest absolute Gasteiger partial charge is 0.497 e. The fourth-order valence-corrected chi connectivity index (χ4v) is 2.10. The zero-order chi connectivity index (χ0) is 15.2. The maximum absolute atomic E-state index is 9.41. The highest BCUT2D eigenvalue weighted by atomic mass is 16.5. The number of rotatable bonds is 6. The minimum absolute atomic E-state index is 0.247. The molecule has 2 aromatic rings. The van der Waals surface area contributed by atoms with Crippen molar-refractivity contribution >= 4 is 12.6 Å². The molecule has 0 atom stereocenters. The van der Waals surface area contributed by atoms with E-state index in [4.69, 9.17) is 9.47 Å². The van der Waals surface area contributed by atoms with Crippen LogP contribution < -0.4 is 14.9 Å². The Morgan fingerprint density at radius 1 is 1.05 bits per heavy atom. The van der Waals surface area contributed by atoms with E-state index in [1.807, 2.05) is 24.3 Å². The molecule has 2 aromatic carbocycles. The van der Waals surface area contributed by atoms with Crippen LogP contribution in [0.3, 0.4) is 0 Å². The fourth-order valence-electron chi connectivity index (χ4n) is 2.10. The lowest BCUT2D eigenvalue weighted by atomic mass is 9.77. The standard InChI is InChI=1S/C16H19BO4/c1-3-12-5-4-6-15(9-12)21-11-13-10-14(20-2)7-8-16(13)17(18)19/h4-10,18-19H,3,11H2,1-2H3. The molecule has 0 saturated carbocycles. The molecule has 0 saturated heterocycles. The number of hydrogen-bond acceptors (Lipinski definition) is 4. The topological polar surface area (TPSA) is 58.9 Å². The molecule has 0 aliphatic heterocycles. The fraction of sp³-hybridized carbons (Fsp3) is 0.250. The molecule has 110 valence electrons. The van der Waals surface area contributed by atoms with Crippen LogP contribution >= 0.6 is 0 Å². The lowest BCUT2D eigenvalue weighted by Gasteiger charge is -2.13. The average Bonchev–Trinajstić information content (AvgIpc) is 2.52. The lowest BCUT2D eigenvalue weighted by Crippen LogP contribution is -2.33. The maximum Gasteiger partial charge on any atom is 0.488 e. The van der Waals surface area contributed by atoms with Gasteiger partial charge in [-0.2, -0.15) is 0 Å². The van der Waals surface area contributed by atoms with E-state index in [0.29, 0.717) is 16.8 Å². The molecular formula is C16H19BO4. The van der Waals surface area contributed by atoms with E-state index in [1.54, 1.807) is 25.3 Å². The summed E-state index contributed by atoms with van der Waals surface area (Å²) in [5, 5.41) is 18.8. The maximum atomic E-state index is 9.41. The highest BCUT2D eigenvalue weighted by molar-refractivity contribution is 6.59. The van der Waals surface area contributed by atoms with E-state index in [0.717, 1.165) is 12.2 Å². The number of benzene rings is 2. The van der Waals surface area contributed by atoms with Crippen LogP contribution in [-0.2, 0) is 13.0 Å². The van der Waals surface area contributed by atoms with E-state index < -0.39 is 7.12 Å². The molecule has 21 heavy (non-hydrogen) atoms. The normalized spacial score (nSPS) is 10.3. The molecule has 0 aliphatic rings. The van der Waals surface area contributed by atoms with Crippen molar-refractivity contribution in [1.82, 2.24) is 0 Å². The number of aryl methyl sites for hydroxylation is 1. The third-order valence-electron chi connectivity index (χ3n) is 3.33. The third-order valence-corrected chi connectivity index (χ3v) is 3.33. The van der Waals surface area contributed by atoms with Gasteiger partial charge in [-0.3, -0.25) is 0 Å². The average molecular weight is 286 g/mol. The summed E-state index contributed by atoms with van der Waals surface area (Å²) in [6, 6.07) is 12.9. The van der Waals surface area contributed by atoms with Crippen LogP contribution in [0.5, 0.6) is 11.5 Å². The molecule has 0 aliphatic carbocycles. The summed E-state index contributed by atoms with van der Waals surface area (Å²) in [5.74, 6) is 1.41. The van der Waals surface area contributed by atoms with E-state index in [2.05, 4.69) is 6.92 Å². The quantitative estimate of drug-likeness (QED) is 0.790. The molecular weight excluding hydrogens is 267 g/mol. The Hall–Kier alpha value is -1.98. The predicted molar refractivity (Wildman–Crippen MR) is 83.0 cm³/mol. The monoisotopic (exact) mass is 286 g/mol. The van der Waals surface area contributed by atoms with Gasteiger partial charge in [0.25, 0.3) is 0 Å². The van der Waals surface area contributed by atoms with Gasteiger partial charge in [-0.05, 0) is 47.3 Å². The van der Waals surface area contributed by atoms with Crippen molar-refractivity contribution in [2.24, 2.45) is 0 Å². The first-order chi connectivity index (χ1) is 10.1. The molecule has 0 heterocycles. The van der Waals surface area contributed by atoms with Crippen LogP contribution in [0.1, 0.15) is 18.1 Å². The van der Waals surface area contributed by atoms with Crippen molar-refractivity contribution in [3.8, 4) is 11.5 Å². The zero-order valence-corrected chi connectivity index (χ0v) is 12.2. The first kappa shape index (κ1) is 15.4. The van der Waals surface area contributed by atoms with Crippen molar-refractivity contribution in [3.05, 3.63) is 53.6 Å². The Morgan fingerprint density at radius 2 is 1.86 bits per heavy atom. The van der Waals surface area contributed by atoms with Crippen LogP contribution in [-0.4, -0.2) is 24.3 Å². The van der Waals surface area contributed by atoms with Gasteiger partial charge in [-0.1, -0.05) is 25.1 Å². The minimum Gasteiger partial charge on any atom is -0.497 e. The molecule has 2 N–H and O–H groups in total. The second-order valence-corrected chi connectivity index (χ2v) is 4.73. The second kappa shape index (κ2) is 7.15. The van der Waals surface area contributed by atoms with Crippen LogP contribution in [0.25, 0.3) is 0 Å². The molecule has 0 spiro atoms. The summed E-state index contributed by atoms with van der Waals surface area (Å²) >= 11 is 0. The van der Waals surface area contributed by atoms with Crippen molar-refractivity contribution < 1.29 is 19.5 Å². The van der Waals surface area contributed by atoms with Gasteiger partial charge >= 0.3 is 7.12 Å². The van der Waals surface area contributed by atoms with Crippen molar-refractivity contribution in [3.63, 3.8) is 0 Å². The Kier molecular flexibility index (Phi) is 5.25. The van der Waals surface area contributed by atoms with Gasteiger partial charge in [0.15, 0.2) is 0 Å². The summed E-state index contributed by atoms with van der Waals surface area (Å²) in [5.41, 5.74) is 2.30. The van der Waals surface area contributed by atoms with Gasteiger partial charge in [0, 0.05) is 0 Å². The third kappa shape index (κ3) is 4.00. The van der Waals surface area contributed by atoms with Gasteiger partial charge in [-0.15, -0.1) is 0 Å². The molecule has 4 nitrogen and oxygen atoms in total. The second-order valence-electron chi connectivity index (χ2n) is 4.73. The number of hydrogen-bond donors (Lipinski definition) is 2. The highest BCUT2D eigenvalue weighted by Crippen LogP contribution is 2.17. The van der Waals surface area contributed by atoms with Gasteiger partial charge in [0.2, 0.25) is 0 Å². The lowest BCUT2D eigenvalue weighted by molar-refractivity contribution is 0.305. The molecule has 0 bridgehead atoms. The predicted octanol–water partition coefficient (Wildman–Crippen LogP) is 1.52. The Balaban J connectivity index is 2.17. The van der Waals surface area contributed by atoms with Crippen molar-refractivity contribution in [2.75, 3.05) is 7.11 Å². The van der Waals surface area contributed by atoms with Crippen LogP contribution in [0.2, 0.25) is 0 Å². The Bertz CT molecular complexity index is 599. The molecule has 0 unspecified atom stereocenters. The van der Waals surface area contributed by atoms with Crippen LogP contribution in [0, 0.1) is 0 Å². The summed E-state index contributed by atoms with van der Waals surface area (Å²) in [6.45, 7) is 2.33. The van der Waals surface area contributed by atoms with Gasteiger partial charge in [0.1, 0.15) is 18.1 Å².